The summed E-state index contributed by atoms with van der Waals surface area (Å²) in [5.41, 5.74) is 3.15. The number of benzene rings is 1. The summed E-state index contributed by atoms with van der Waals surface area (Å²) in [4.78, 5) is 4.81. The van der Waals surface area contributed by atoms with Gasteiger partial charge in [-0.25, -0.2) is 4.98 Å². The van der Waals surface area contributed by atoms with Gasteiger partial charge in [0.05, 0.1) is 18.3 Å². The Bertz CT molecular complexity index is 923. The smallest absolute Gasteiger partial charge is 0.163 e. The fraction of sp³-hybridized carbons (Fsp3) is 0.429. The Balaban J connectivity index is 1.65. The Labute approximate surface area is 165 Å². The summed E-state index contributed by atoms with van der Waals surface area (Å²) in [6.07, 6.45) is 2.25. The predicted molar refractivity (Wildman–Crippen MR) is 112 cm³/mol. The average Bonchev–Trinajstić information content (AvgIpc) is 3.13. The molecule has 0 spiro atoms. The number of nitrogens with zero attached hydrogens (tertiary/aromatic N) is 3. The van der Waals surface area contributed by atoms with Gasteiger partial charge in [-0.15, -0.1) is 0 Å². The van der Waals surface area contributed by atoms with Crippen molar-refractivity contribution >= 4 is 17.3 Å². The maximum atomic E-state index is 10.3. The van der Waals surface area contributed by atoms with Gasteiger partial charge in [0.25, 0.3) is 0 Å². The molecule has 4 rings (SSSR count). The largest absolute Gasteiger partial charge is 0.391 e. The van der Waals surface area contributed by atoms with E-state index in [1.54, 1.807) is 0 Å². The van der Waals surface area contributed by atoms with Crippen molar-refractivity contribution in [2.24, 2.45) is 0 Å². The molecule has 3 heterocycles. The summed E-state index contributed by atoms with van der Waals surface area (Å²) in [6.45, 7) is 6.55. The molecule has 0 aliphatic carbocycles. The minimum atomic E-state index is -0.380. The van der Waals surface area contributed by atoms with E-state index >= 15 is 0 Å². The van der Waals surface area contributed by atoms with E-state index in [9.17, 15) is 5.11 Å². The lowest BCUT2D eigenvalue weighted by Gasteiger charge is -2.29. The van der Waals surface area contributed by atoms with E-state index in [0.717, 1.165) is 42.4 Å². The molecular formula is C21H28N6O. The van der Waals surface area contributed by atoms with Crippen molar-refractivity contribution in [2.75, 3.05) is 23.7 Å². The van der Waals surface area contributed by atoms with Gasteiger partial charge in [-0.3, -0.25) is 0 Å². The number of fused-ring (bicyclic) bond motifs is 1. The quantitative estimate of drug-likeness (QED) is 0.526. The Morgan fingerprint density at radius 2 is 2.11 bits per heavy atom. The molecule has 7 heteroatoms. The van der Waals surface area contributed by atoms with Crippen LogP contribution in [0.2, 0.25) is 0 Å². The van der Waals surface area contributed by atoms with Crippen molar-refractivity contribution in [3.63, 3.8) is 0 Å². The summed E-state index contributed by atoms with van der Waals surface area (Å²) in [7, 11) is 0. The van der Waals surface area contributed by atoms with Crippen molar-refractivity contribution in [2.45, 2.75) is 44.9 Å². The maximum Gasteiger partial charge on any atom is 0.163 e. The first-order valence-corrected chi connectivity index (χ1v) is 9.93. The average molecular weight is 380 g/mol. The van der Waals surface area contributed by atoms with Gasteiger partial charge in [0.15, 0.2) is 5.65 Å². The second kappa shape index (κ2) is 8.16. The van der Waals surface area contributed by atoms with Gasteiger partial charge < -0.3 is 21.1 Å². The van der Waals surface area contributed by atoms with E-state index in [0.29, 0.717) is 12.5 Å². The molecule has 2 atom stereocenters. The van der Waals surface area contributed by atoms with Crippen LogP contribution in [0, 0.1) is 0 Å². The van der Waals surface area contributed by atoms with Crippen molar-refractivity contribution in [3.05, 3.63) is 53.7 Å². The summed E-state index contributed by atoms with van der Waals surface area (Å²) in [5, 5.41) is 25.1. The number of aromatic nitrogens is 3. The number of piperidine rings is 1. The summed E-state index contributed by atoms with van der Waals surface area (Å²) >= 11 is 0. The zero-order valence-corrected chi connectivity index (χ0v) is 16.4. The molecule has 4 N–H and O–H groups in total. The highest BCUT2D eigenvalue weighted by Gasteiger charge is 2.23. The molecule has 0 saturated carbocycles. The summed E-state index contributed by atoms with van der Waals surface area (Å²) in [6, 6.07) is 12.2. The monoisotopic (exact) mass is 380 g/mol. The van der Waals surface area contributed by atoms with Gasteiger partial charge in [-0.2, -0.15) is 9.61 Å². The molecule has 148 valence electrons. The van der Waals surface area contributed by atoms with Crippen molar-refractivity contribution in [1.82, 2.24) is 19.9 Å². The Morgan fingerprint density at radius 1 is 1.29 bits per heavy atom. The van der Waals surface area contributed by atoms with Crippen LogP contribution in [-0.2, 0) is 6.54 Å². The van der Waals surface area contributed by atoms with Crippen LogP contribution >= 0.6 is 0 Å². The zero-order chi connectivity index (χ0) is 19.5. The molecule has 0 amide bonds. The zero-order valence-electron chi connectivity index (χ0n) is 16.4. The first-order chi connectivity index (χ1) is 13.6. The third-order valence-electron chi connectivity index (χ3n) is 5.22. The highest BCUT2D eigenvalue weighted by molar-refractivity contribution is 5.61. The number of hydrogen-bond donors (Lipinski definition) is 4. The molecule has 1 saturated heterocycles. The van der Waals surface area contributed by atoms with Gasteiger partial charge in [0.2, 0.25) is 0 Å². The summed E-state index contributed by atoms with van der Waals surface area (Å²) < 4.78 is 1.86. The van der Waals surface area contributed by atoms with Crippen LogP contribution in [0.15, 0.2) is 42.6 Å². The second-order valence-electron chi connectivity index (χ2n) is 7.67. The maximum absolute atomic E-state index is 10.3. The molecule has 3 aromatic rings. The van der Waals surface area contributed by atoms with Gasteiger partial charge >= 0.3 is 0 Å². The summed E-state index contributed by atoms with van der Waals surface area (Å²) in [5.74, 6) is 1.95. The van der Waals surface area contributed by atoms with Gasteiger partial charge in [-0.1, -0.05) is 44.2 Å². The molecule has 2 aromatic heterocycles. The van der Waals surface area contributed by atoms with E-state index in [4.69, 9.17) is 4.98 Å². The highest BCUT2D eigenvalue weighted by Crippen LogP contribution is 2.25. The van der Waals surface area contributed by atoms with Crippen molar-refractivity contribution in [1.29, 1.82) is 0 Å². The topological polar surface area (TPSA) is 86.5 Å². The number of anilines is 2. The SMILES string of the molecule is CC(C)c1cnn2c(NCc3ccccc3)cc(NC3CNCC[C@H]3O)nc12. The number of nitrogens with one attached hydrogen (secondary N) is 3. The third kappa shape index (κ3) is 3.95. The van der Waals surface area contributed by atoms with Crippen LogP contribution in [0.3, 0.4) is 0 Å². The fourth-order valence-corrected chi connectivity index (χ4v) is 3.56. The standard InChI is InChI=1S/C21H28N6O/c1-14(2)16-12-24-27-20(23-11-15-6-4-3-5-7-15)10-19(26-21(16)27)25-17-13-22-9-8-18(17)28/h3-7,10,12,14,17-18,22-23,28H,8-9,11,13H2,1-2H3,(H,25,26)/t17?,18-/m1/s1. The van der Waals surface area contributed by atoms with Gasteiger partial charge in [-0.05, 0) is 24.4 Å². The van der Waals surface area contributed by atoms with Crippen LogP contribution in [0.1, 0.15) is 37.3 Å². The Morgan fingerprint density at radius 3 is 2.86 bits per heavy atom. The molecule has 1 aliphatic heterocycles. The Kier molecular flexibility index (Phi) is 5.45. The first kappa shape index (κ1) is 18.7. The van der Waals surface area contributed by atoms with Gasteiger partial charge in [0, 0.05) is 24.7 Å². The lowest BCUT2D eigenvalue weighted by molar-refractivity contribution is 0.124. The normalized spacial score (nSPS) is 19.9. The van der Waals surface area contributed by atoms with Gasteiger partial charge in [0.1, 0.15) is 11.6 Å². The molecule has 1 aliphatic rings. The molecule has 1 aromatic carbocycles. The molecule has 28 heavy (non-hydrogen) atoms. The molecule has 1 unspecified atom stereocenters. The third-order valence-corrected chi connectivity index (χ3v) is 5.22. The molecular weight excluding hydrogens is 352 g/mol. The van der Waals surface area contributed by atoms with Crippen LogP contribution < -0.4 is 16.0 Å². The first-order valence-electron chi connectivity index (χ1n) is 9.93. The number of hydrogen-bond acceptors (Lipinski definition) is 6. The lowest BCUT2D eigenvalue weighted by Crippen LogP contribution is -2.48. The van der Waals surface area contributed by atoms with E-state index in [-0.39, 0.29) is 12.1 Å². The lowest BCUT2D eigenvalue weighted by atomic mass is 10.0. The fourth-order valence-electron chi connectivity index (χ4n) is 3.56. The molecule has 0 bridgehead atoms. The predicted octanol–water partition coefficient (Wildman–Crippen LogP) is 2.60. The van der Waals surface area contributed by atoms with E-state index in [1.807, 2.05) is 35.0 Å². The van der Waals surface area contributed by atoms with E-state index < -0.39 is 0 Å². The molecule has 0 radical (unpaired) electrons. The Hall–Kier alpha value is -2.64. The van der Waals surface area contributed by atoms with Crippen molar-refractivity contribution < 1.29 is 5.11 Å². The minimum Gasteiger partial charge on any atom is -0.391 e. The van der Waals surface area contributed by atoms with Crippen molar-refractivity contribution in [3.8, 4) is 0 Å². The molecule has 7 nitrogen and oxygen atoms in total. The number of aliphatic hydroxyl groups is 1. The number of rotatable bonds is 6. The van der Waals surface area contributed by atoms with E-state index in [1.165, 1.54) is 5.56 Å². The van der Waals surface area contributed by atoms with Crippen LogP contribution in [0.25, 0.3) is 5.65 Å². The minimum absolute atomic E-state index is 0.0592. The van der Waals surface area contributed by atoms with Crippen LogP contribution in [0.4, 0.5) is 11.6 Å². The number of aliphatic hydroxyl groups excluding tert-OH is 1. The van der Waals surface area contributed by atoms with Crippen LogP contribution in [-0.4, -0.2) is 44.9 Å². The second-order valence-corrected chi connectivity index (χ2v) is 7.67. The van der Waals surface area contributed by atoms with E-state index in [2.05, 4.69) is 47.0 Å². The van der Waals surface area contributed by atoms with Crippen LogP contribution in [0.5, 0.6) is 0 Å². The highest BCUT2D eigenvalue weighted by atomic mass is 16.3. The molecule has 1 fully saturated rings.